The van der Waals surface area contributed by atoms with E-state index in [2.05, 4.69) is 20.7 Å². The summed E-state index contributed by atoms with van der Waals surface area (Å²) in [6.07, 6.45) is 1.72. The average molecular weight is 407 g/mol. The van der Waals surface area contributed by atoms with E-state index in [0.29, 0.717) is 5.17 Å². The number of fused-ring (bicyclic) bond motifs is 1. The predicted octanol–water partition coefficient (Wildman–Crippen LogP) is 4.05. The second kappa shape index (κ2) is 7.04. The number of amidine groups is 2. The summed E-state index contributed by atoms with van der Waals surface area (Å²) in [4.78, 5) is 16.7. The van der Waals surface area contributed by atoms with Crippen molar-refractivity contribution in [2.24, 2.45) is 10.1 Å². The lowest BCUT2D eigenvalue weighted by atomic mass is 10.1. The molecule has 148 valence electrons. The summed E-state index contributed by atoms with van der Waals surface area (Å²) < 4.78 is 7.64. The molecule has 1 amide bonds. The zero-order valence-electron chi connectivity index (χ0n) is 16.9. The molecule has 8 heteroatoms. The van der Waals surface area contributed by atoms with Crippen LogP contribution >= 0.6 is 11.8 Å². The molecule has 0 saturated carbocycles. The van der Waals surface area contributed by atoms with E-state index in [9.17, 15) is 4.79 Å². The Morgan fingerprint density at radius 3 is 2.66 bits per heavy atom. The van der Waals surface area contributed by atoms with Crippen LogP contribution in [0.4, 0.5) is 0 Å². The summed E-state index contributed by atoms with van der Waals surface area (Å²) in [5, 5.41) is 15.3. The number of hydrogen-bond acceptors (Lipinski definition) is 5. The molecule has 0 unspecified atom stereocenters. The fourth-order valence-corrected chi connectivity index (χ4v) is 4.26. The Balaban J connectivity index is 1.81. The summed E-state index contributed by atoms with van der Waals surface area (Å²) in [5.74, 6) is 0.394. The quantitative estimate of drug-likeness (QED) is 0.778. The lowest BCUT2D eigenvalue weighted by molar-refractivity contribution is -0.114. The van der Waals surface area contributed by atoms with Crippen molar-refractivity contribution in [3.63, 3.8) is 0 Å². The van der Waals surface area contributed by atoms with E-state index in [1.54, 1.807) is 13.2 Å². The number of hydrogen-bond donors (Lipinski definition) is 1. The smallest absolute Gasteiger partial charge is 0.283 e. The molecule has 2 aliphatic heterocycles. The summed E-state index contributed by atoms with van der Waals surface area (Å²) in [6.45, 7) is 7.86. The molecule has 0 radical (unpaired) electrons. The van der Waals surface area contributed by atoms with E-state index in [1.807, 2.05) is 45.9 Å². The Morgan fingerprint density at radius 2 is 1.93 bits per heavy atom. The number of hydrazone groups is 1. The van der Waals surface area contributed by atoms with Crippen molar-refractivity contribution in [2.75, 3.05) is 7.11 Å². The van der Waals surface area contributed by atoms with Crippen LogP contribution < -0.4 is 4.74 Å². The molecule has 4 rings (SSSR count). The van der Waals surface area contributed by atoms with Crippen molar-refractivity contribution in [3.05, 3.63) is 52.4 Å². The topological polar surface area (TPSA) is 83.0 Å². The van der Waals surface area contributed by atoms with Crippen molar-refractivity contribution in [3.8, 4) is 11.4 Å². The molecule has 7 nitrogen and oxygen atoms in total. The summed E-state index contributed by atoms with van der Waals surface area (Å²) in [7, 11) is 1.65. The molecular weight excluding hydrogens is 386 g/mol. The maximum absolute atomic E-state index is 12.6. The SMILES string of the molecule is COc1ccc(C)cc1-n1c(C)cc(/C=C2/C(=N)N3N=C(C)SC3=NC2=O)c1C. The molecule has 0 fully saturated rings. The standard InChI is InChI=1S/C21H21N5O2S/c1-11-6-7-18(28-5)17(8-11)25-12(2)9-15(13(25)3)10-16-19(22)26-21(23-20(16)27)29-14(4)24-26/h6-10,22H,1-5H3/b16-10-,22-19?. The number of thioether (sulfide) groups is 1. The first-order valence-corrected chi connectivity index (χ1v) is 9.92. The van der Waals surface area contributed by atoms with Crippen LogP contribution in [0.2, 0.25) is 0 Å². The first-order chi connectivity index (χ1) is 13.8. The highest BCUT2D eigenvalue weighted by atomic mass is 32.2. The minimum absolute atomic E-state index is 0.0438. The number of rotatable bonds is 3. The fraction of sp³-hybridized carbons (Fsp3) is 0.238. The number of aryl methyl sites for hydroxylation is 2. The Labute approximate surface area is 173 Å². The minimum atomic E-state index is -0.420. The van der Waals surface area contributed by atoms with Gasteiger partial charge in [-0.15, -0.1) is 0 Å². The number of carbonyl (C=O) groups excluding carboxylic acids is 1. The zero-order valence-corrected chi connectivity index (χ0v) is 17.7. The van der Waals surface area contributed by atoms with Crippen molar-refractivity contribution in [1.29, 1.82) is 5.41 Å². The highest BCUT2D eigenvalue weighted by molar-refractivity contribution is 8.26. The normalized spacial score (nSPS) is 17.6. The van der Waals surface area contributed by atoms with Crippen molar-refractivity contribution in [2.45, 2.75) is 27.7 Å². The third-order valence-corrected chi connectivity index (χ3v) is 5.72. The van der Waals surface area contributed by atoms with E-state index >= 15 is 0 Å². The molecule has 1 aromatic heterocycles. The number of ether oxygens (including phenoxy) is 1. The van der Waals surface area contributed by atoms with Crippen molar-refractivity contribution in [1.82, 2.24) is 9.58 Å². The maximum atomic E-state index is 12.6. The van der Waals surface area contributed by atoms with E-state index in [4.69, 9.17) is 10.1 Å². The van der Waals surface area contributed by atoms with Crippen LogP contribution in [0, 0.1) is 26.2 Å². The van der Waals surface area contributed by atoms with Gasteiger partial charge < -0.3 is 9.30 Å². The van der Waals surface area contributed by atoms with E-state index in [-0.39, 0.29) is 11.4 Å². The third kappa shape index (κ3) is 3.19. The maximum Gasteiger partial charge on any atom is 0.283 e. The number of benzene rings is 1. The van der Waals surface area contributed by atoms with Gasteiger partial charge in [-0.3, -0.25) is 10.2 Å². The van der Waals surface area contributed by atoms with Gasteiger partial charge in [0.25, 0.3) is 5.91 Å². The number of carbonyl (C=O) groups is 1. The van der Waals surface area contributed by atoms with Crippen molar-refractivity contribution < 1.29 is 9.53 Å². The van der Waals surface area contributed by atoms with Crippen LogP contribution in [0.15, 0.2) is 39.9 Å². The molecule has 1 N–H and O–H groups in total. The molecule has 0 aliphatic carbocycles. The van der Waals surface area contributed by atoms with E-state index in [1.165, 1.54) is 16.8 Å². The summed E-state index contributed by atoms with van der Waals surface area (Å²) in [5.41, 5.74) is 5.09. The molecule has 1 aromatic carbocycles. The van der Waals surface area contributed by atoms with Crippen LogP contribution in [-0.2, 0) is 4.79 Å². The number of methoxy groups -OCH3 is 1. The van der Waals surface area contributed by atoms with Crippen LogP contribution in [0.3, 0.4) is 0 Å². The number of nitrogens with zero attached hydrogens (tertiary/aromatic N) is 4. The fourth-order valence-electron chi connectivity index (χ4n) is 3.52. The lowest BCUT2D eigenvalue weighted by Crippen LogP contribution is -2.35. The minimum Gasteiger partial charge on any atom is -0.495 e. The lowest BCUT2D eigenvalue weighted by Gasteiger charge is -2.20. The van der Waals surface area contributed by atoms with Gasteiger partial charge in [0.1, 0.15) is 5.75 Å². The van der Waals surface area contributed by atoms with Crippen LogP contribution in [0.25, 0.3) is 11.8 Å². The Hall–Kier alpha value is -3.13. The predicted molar refractivity (Wildman–Crippen MR) is 117 cm³/mol. The largest absolute Gasteiger partial charge is 0.495 e. The van der Waals surface area contributed by atoms with Gasteiger partial charge in [0.2, 0.25) is 5.17 Å². The first kappa shape index (κ1) is 19.2. The summed E-state index contributed by atoms with van der Waals surface area (Å²) >= 11 is 1.30. The van der Waals surface area contributed by atoms with Gasteiger partial charge in [-0.2, -0.15) is 15.1 Å². The van der Waals surface area contributed by atoms with Crippen LogP contribution in [0.5, 0.6) is 5.75 Å². The number of nitrogens with one attached hydrogen (secondary N) is 1. The molecule has 3 heterocycles. The molecule has 2 aliphatic rings. The first-order valence-electron chi connectivity index (χ1n) is 9.11. The van der Waals surface area contributed by atoms with Crippen LogP contribution in [-0.4, -0.2) is 38.6 Å². The van der Waals surface area contributed by atoms with Crippen molar-refractivity contribution >= 4 is 39.8 Å². The molecular formula is C21H21N5O2S. The van der Waals surface area contributed by atoms with Gasteiger partial charge in [-0.05, 0) is 74.9 Å². The Kier molecular flexibility index (Phi) is 4.66. The van der Waals surface area contributed by atoms with Gasteiger partial charge in [0, 0.05) is 11.4 Å². The summed E-state index contributed by atoms with van der Waals surface area (Å²) in [6, 6.07) is 8.02. The number of aromatic nitrogens is 1. The van der Waals surface area contributed by atoms with E-state index in [0.717, 1.165) is 39.0 Å². The van der Waals surface area contributed by atoms with Crippen LogP contribution in [0.1, 0.15) is 29.4 Å². The molecule has 0 bridgehead atoms. The second-order valence-electron chi connectivity index (χ2n) is 6.98. The molecule has 0 atom stereocenters. The third-order valence-electron chi connectivity index (χ3n) is 4.90. The molecule has 2 aromatic rings. The van der Waals surface area contributed by atoms with Gasteiger partial charge in [-0.25, -0.2) is 0 Å². The number of amides is 1. The molecule has 29 heavy (non-hydrogen) atoms. The van der Waals surface area contributed by atoms with Gasteiger partial charge in [0.15, 0.2) is 5.84 Å². The monoisotopic (exact) mass is 407 g/mol. The van der Waals surface area contributed by atoms with Gasteiger partial charge in [0.05, 0.1) is 23.4 Å². The Morgan fingerprint density at radius 1 is 1.17 bits per heavy atom. The zero-order chi connectivity index (χ0) is 20.9. The molecule has 0 spiro atoms. The number of aliphatic imine (C=N–C) groups is 1. The highest BCUT2D eigenvalue weighted by Gasteiger charge is 2.34. The highest BCUT2D eigenvalue weighted by Crippen LogP contribution is 2.32. The second-order valence-corrected chi connectivity index (χ2v) is 8.14. The van der Waals surface area contributed by atoms with Gasteiger partial charge in [-0.1, -0.05) is 6.07 Å². The Bertz CT molecular complexity index is 1160. The van der Waals surface area contributed by atoms with E-state index < -0.39 is 5.91 Å². The van der Waals surface area contributed by atoms with Gasteiger partial charge >= 0.3 is 0 Å². The molecule has 0 saturated heterocycles. The average Bonchev–Trinajstić information content (AvgIpc) is 3.17.